The average molecular weight is 445 g/mol. The third-order valence-corrected chi connectivity index (χ3v) is 6.83. The molecule has 0 radical (unpaired) electrons. The summed E-state index contributed by atoms with van der Waals surface area (Å²) in [4.78, 5) is 12.5. The normalized spacial score (nSPS) is 12.8. The van der Waals surface area contributed by atoms with Gasteiger partial charge in [0.05, 0.1) is 11.0 Å². The van der Waals surface area contributed by atoms with Gasteiger partial charge in [-0.05, 0) is 30.3 Å². The second kappa shape index (κ2) is 9.71. The average Bonchev–Trinajstić information content (AvgIpc) is 2.66. The molecule has 2 N–H and O–H groups in total. The second-order valence-corrected chi connectivity index (χ2v) is 8.79. The van der Waals surface area contributed by atoms with Crippen LogP contribution in [0.5, 0.6) is 0 Å². The Hall–Kier alpha value is -1.64. The Morgan fingerprint density at radius 2 is 1.82 bits per heavy atom. The van der Waals surface area contributed by atoms with Gasteiger partial charge in [-0.3, -0.25) is 4.79 Å². The van der Waals surface area contributed by atoms with Crippen molar-refractivity contribution in [1.82, 2.24) is 9.62 Å². The molecule has 1 atom stereocenters. The molecule has 0 spiro atoms. The highest BCUT2D eigenvalue weighted by Crippen LogP contribution is 2.26. The van der Waals surface area contributed by atoms with Gasteiger partial charge < -0.3 is 10.4 Å². The summed E-state index contributed by atoms with van der Waals surface area (Å²) in [7, 11) is -3.67. The van der Waals surface area contributed by atoms with E-state index in [-0.39, 0.29) is 17.0 Å². The standard InChI is InChI=1S/C19H22Cl2N2O4S/c1-3-23(4-2)28(26,27)15-7-5-6-13(10-15)19(25)22-12-18(24)16-9-8-14(20)11-17(16)21/h5-11,18,24H,3-4,12H2,1-2H3,(H,22,25). The van der Waals surface area contributed by atoms with Crippen molar-refractivity contribution in [3.8, 4) is 0 Å². The third kappa shape index (κ3) is 5.24. The summed E-state index contributed by atoms with van der Waals surface area (Å²) in [6, 6.07) is 10.5. The van der Waals surface area contributed by atoms with Gasteiger partial charge in [0.15, 0.2) is 0 Å². The molecule has 0 saturated heterocycles. The molecular formula is C19H22Cl2N2O4S. The number of amides is 1. The summed E-state index contributed by atoms with van der Waals surface area (Å²) in [6.45, 7) is 4.08. The quantitative estimate of drug-likeness (QED) is 0.652. The monoisotopic (exact) mass is 444 g/mol. The molecule has 2 aromatic rings. The van der Waals surface area contributed by atoms with Crippen molar-refractivity contribution in [2.24, 2.45) is 0 Å². The summed E-state index contributed by atoms with van der Waals surface area (Å²) < 4.78 is 26.5. The van der Waals surface area contributed by atoms with Gasteiger partial charge in [-0.1, -0.05) is 49.2 Å². The lowest BCUT2D eigenvalue weighted by molar-refractivity contribution is 0.0916. The van der Waals surface area contributed by atoms with E-state index in [2.05, 4.69) is 5.32 Å². The van der Waals surface area contributed by atoms with Crippen molar-refractivity contribution < 1.29 is 18.3 Å². The molecule has 0 heterocycles. The van der Waals surface area contributed by atoms with E-state index in [0.717, 1.165) is 0 Å². The van der Waals surface area contributed by atoms with Crippen molar-refractivity contribution in [3.05, 3.63) is 63.6 Å². The van der Waals surface area contributed by atoms with Crippen LogP contribution in [0.1, 0.15) is 35.9 Å². The van der Waals surface area contributed by atoms with Crippen LogP contribution in [-0.2, 0) is 10.0 Å². The van der Waals surface area contributed by atoms with E-state index in [0.29, 0.717) is 28.7 Å². The summed E-state index contributed by atoms with van der Waals surface area (Å²) in [5.41, 5.74) is 0.617. The summed E-state index contributed by atoms with van der Waals surface area (Å²) in [5.74, 6) is -0.499. The number of carbonyl (C=O) groups excluding carboxylic acids is 1. The predicted molar refractivity (Wildman–Crippen MR) is 110 cm³/mol. The number of halogens is 2. The molecule has 2 rings (SSSR count). The van der Waals surface area contributed by atoms with Gasteiger partial charge in [0.1, 0.15) is 0 Å². The van der Waals surface area contributed by atoms with Gasteiger partial charge in [-0.15, -0.1) is 0 Å². The van der Waals surface area contributed by atoms with Crippen molar-refractivity contribution in [3.63, 3.8) is 0 Å². The molecule has 0 aromatic heterocycles. The Morgan fingerprint density at radius 3 is 2.43 bits per heavy atom. The van der Waals surface area contributed by atoms with Gasteiger partial charge in [-0.25, -0.2) is 8.42 Å². The minimum Gasteiger partial charge on any atom is -0.387 e. The van der Waals surface area contributed by atoms with Gasteiger partial charge in [0.25, 0.3) is 5.91 Å². The number of nitrogens with zero attached hydrogens (tertiary/aromatic N) is 1. The minimum absolute atomic E-state index is 0.0464. The lowest BCUT2D eigenvalue weighted by atomic mass is 10.1. The number of aliphatic hydroxyl groups is 1. The molecule has 2 aromatic carbocycles. The largest absolute Gasteiger partial charge is 0.387 e. The van der Waals surface area contributed by atoms with Gasteiger partial charge in [0.2, 0.25) is 10.0 Å². The Balaban J connectivity index is 2.13. The lowest BCUT2D eigenvalue weighted by Crippen LogP contribution is -2.31. The van der Waals surface area contributed by atoms with Crippen LogP contribution in [0.3, 0.4) is 0 Å². The number of benzene rings is 2. The van der Waals surface area contributed by atoms with Crippen molar-refractivity contribution in [2.75, 3.05) is 19.6 Å². The van der Waals surface area contributed by atoms with Crippen LogP contribution in [0, 0.1) is 0 Å². The van der Waals surface area contributed by atoms with Crippen LogP contribution >= 0.6 is 23.2 Å². The predicted octanol–water partition coefficient (Wildman–Crippen LogP) is 3.49. The number of nitrogens with one attached hydrogen (secondary N) is 1. The fraction of sp³-hybridized carbons (Fsp3) is 0.316. The van der Waals surface area contributed by atoms with Crippen molar-refractivity contribution >= 4 is 39.1 Å². The van der Waals surface area contributed by atoms with Gasteiger partial charge in [-0.2, -0.15) is 4.31 Å². The number of aliphatic hydroxyl groups excluding tert-OH is 1. The van der Waals surface area contributed by atoms with E-state index in [1.54, 1.807) is 26.0 Å². The van der Waals surface area contributed by atoms with E-state index in [9.17, 15) is 18.3 Å². The number of hydrogen-bond acceptors (Lipinski definition) is 4. The minimum atomic E-state index is -3.67. The molecule has 0 bridgehead atoms. The number of sulfonamides is 1. The topological polar surface area (TPSA) is 86.7 Å². The highest BCUT2D eigenvalue weighted by Gasteiger charge is 2.22. The summed E-state index contributed by atoms with van der Waals surface area (Å²) >= 11 is 11.9. The van der Waals surface area contributed by atoms with Gasteiger partial charge in [0, 0.05) is 40.8 Å². The maximum Gasteiger partial charge on any atom is 0.251 e. The first kappa shape index (κ1) is 22.6. The molecule has 6 nitrogen and oxygen atoms in total. The molecule has 1 amide bonds. The highest BCUT2D eigenvalue weighted by atomic mass is 35.5. The molecule has 152 valence electrons. The lowest BCUT2D eigenvalue weighted by Gasteiger charge is -2.19. The summed E-state index contributed by atoms with van der Waals surface area (Å²) in [5, 5.41) is 13.6. The van der Waals surface area contributed by atoms with E-state index in [1.165, 1.54) is 34.6 Å². The molecule has 0 aliphatic rings. The smallest absolute Gasteiger partial charge is 0.251 e. The molecule has 0 aliphatic carbocycles. The second-order valence-electron chi connectivity index (χ2n) is 6.01. The van der Waals surface area contributed by atoms with Crippen LogP contribution in [0.25, 0.3) is 0 Å². The first-order chi connectivity index (χ1) is 13.2. The van der Waals surface area contributed by atoms with Crippen LogP contribution in [-0.4, -0.2) is 43.4 Å². The maximum atomic E-state index is 12.6. The Morgan fingerprint density at radius 1 is 1.14 bits per heavy atom. The first-order valence-electron chi connectivity index (χ1n) is 8.72. The van der Waals surface area contributed by atoms with Crippen LogP contribution in [0.2, 0.25) is 10.0 Å². The molecule has 0 aliphatic heterocycles. The zero-order valence-electron chi connectivity index (χ0n) is 15.5. The Bertz CT molecular complexity index is 947. The fourth-order valence-corrected chi connectivity index (χ4v) is 4.72. The SMILES string of the molecule is CCN(CC)S(=O)(=O)c1cccc(C(=O)NCC(O)c2ccc(Cl)cc2Cl)c1. The Kier molecular flexibility index (Phi) is 7.86. The van der Waals surface area contributed by atoms with Crippen molar-refractivity contribution in [1.29, 1.82) is 0 Å². The maximum absolute atomic E-state index is 12.6. The van der Waals surface area contributed by atoms with Gasteiger partial charge >= 0.3 is 0 Å². The Labute approximate surface area is 175 Å². The summed E-state index contributed by atoms with van der Waals surface area (Å²) in [6.07, 6.45) is -1.03. The number of carbonyl (C=O) groups is 1. The third-order valence-electron chi connectivity index (χ3n) is 4.22. The number of hydrogen-bond donors (Lipinski definition) is 2. The molecule has 0 fully saturated rings. The molecule has 9 heteroatoms. The van der Waals surface area contributed by atoms with Crippen LogP contribution in [0.4, 0.5) is 0 Å². The van der Waals surface area contributed by atoms with Crippen molar-refractivity contribution in [2.45, 2.75) is 24.8 Å². The molecule has 0 saturated carbocycles. The fourth-order valence-electron chi connectivity index (χ4n) is 2.68. The van der Waals surface area contributed by atoms with E-state index >= 15 is 0 Å². The van der Waals surface area contributed by atoms with E-state index in [1.807, 2.05) is 0 Å². The zero-order chi connectivity index (χ0) is 20.9. The van der Waals surface area contributed by atoms with E-state index in [4.69, 9.17) is 23.2 Å². The molecular weight excluding hydrogens is 423 g/mol. The molecule has 1 unspecified atom stereocenters. The highest BCUT2D eigenvalue weighted by molar-refractivity contribution is 7.89. The zero-order valence-corrected chi connectivity index (χ0v) is 17.9. The van der Waals surface area contributed by atoms with Crippen LogP contribution in [0.15, 0.2) is 47.4 Å². The van der Waals surface area contributed by atoms with Crippen LogP contribution < -0.4 is 5.32 Å². The molecule has 28 heavy (non-hydrogen) atoms. The van der Waals surface area contributed by atoms with E-state index < -0.39 is 22.0 Å². The number of rotatable bonds is 8. The first-order valence-corrected chi connectivity index (χ1v) is 10.9.